The van der Waals surface area contributed by atoms with Gasteiger partial charge in [-0.05, 0) is 31.9 Å². The molecule has 2 rings (SSSR count). The van der Waals surface area contributed by atoms with Gasteiger partial charge in [0.2, 0.25) is 11.8 Å². The van der Waals surface area contributed by atoms with Crippen LogP contribution in [0, 0.1) is 0 Å². The van der Waals surface area contributed by atoms with Crippen LogP contribution in [0.4, 0.5) is 5.69 Å². The number of carbonyl (C=O) groups is 2. The van der Waals surface area contributed by atoms with Gasteiger partial charge in [-0.25, -0.2) is 0 Å². The molecule has 1 aliphatic carbocycles. The normalized spacial score (nSPS) is 18.3. The topological polar surface area (TPSA) is 84.2 Å². The first-order valence-electron chi connectivity index (χ1n) is 6.97. The van der Waals surface area contributed by atoms with Crippen LogP contribution < -0.4 is 16.4 Å². The molecule has 1 atom stereocenters. The van der Waals surface area contributed by atoms with Crippen LogP contribution in [0.2, 0.25) is 0 Å². The number of rotatable bonds is 4. The number of benzene rings is 1. The first kappa shape index (κ1) is 14.5. The van der Waals surface area contributed by atoms with Gasteiger partial charge in [0.05, 0.1) is 5.54 Å². The number of nitrogens with one attached hydrogen (secondary N) is 2. The molecule has 0 aliphatic heterocycles. The zero-order valence-electron chi connectivity index (χ0n) is 11.7. The number of hydrogen-bond donors (Lipinski definition) is 3. The van der Waals surface area contributed by atoms with Gasteiger partial charge in [-0.1, -0.05) is 31.0 Å². The maximum atomic E-state index is 12.1. The monoisotopic (exact) mass is 275 g/mol. The molecule has 1 fully saturated rings. The average Bonchev–Trinajstić information content (AvgIpc) is 2.88. The summed E-state index contributed by atoms with van der Waals surface area (Å²) in [6.07, 6.45) is 3.31. The second kappa shape index (κ2) is 6.05. The minimum absolute atomic E-state index is 0.231. The van der Waals surface area contributed by atoms with E-state index in [1.807, 2.05) is 18.2 Å². The van der Waals surface area contributed by atoms with E-state index in [1.165, 1.54) is 0 Å². The van der Waals surface area contributed by atoms with Gasteiger partial charge < -0.3 is 16.4 Å². The maximum Gasteiger partial charge on any atom is 0.246 e. The zero-order valence-corrected chi connectivity index (χ0v) is 11.7. The Morgan fingerprint density at radius 2 is 1.80 bits per heavy atom. The molecule has 1 aromatic rings. The van der Waals surface area contributed by atoms with Crippen molar-refractivity contribution in [2.45, 2.75) is 44.2 Å². The summed E-state index contributed by atoms with van der Waals surface area (Å²) in [5, 5.41) is 5.46. The van der Waals surface area contributed by atoms with E-state index in [0.29, 0.717) is 18.5 Å². The number of carbonyl (C=O) groups excluding carboxylic acids is 2. The zero-order chi connectivity index (χ0) is 14.6. The highest BCUT2D eigenvalue weighted by Crippen LogP contribution is 2.27. The molecular formula is C15H21N3O2. The number of anilines is 1. The van der Waals surface area contributed by atoms with E-state index in [-0.39, 0.29) is 11.8 Å². The van der Waals surface area contributed by atoms with Crippen molar-refractivity contribution in [2.75, 3.05) is 5.32 Å². The SMILES string of the molecule is CC(NC(=O)C1(N)CCCC1)C(=O)Nc1ccccc1. The molecular weight excluding hydrogens is 254 g/mol. The molecule has 108 valence electrons. The number of nitrogens with two attached hydrogens (primary N) is 1. The number of amides is 2. The van der Waals surface area contributed by atoms with Gasteiger partial charge >= 0.3 is 0 Å². The molecule has 0 radical (unpaired) electrons. The molecule has 1 unspecified atom stereocenters. The Bertz CT molecular complexity index is 481. The molecule has 4 N–H and O–H groups in total. The van der Waals surface area contributed by atoms with Crippen LogP contribution >= 0.6 is 0 Å². The Morgan fingerprint density at radius 1 is 1.20 bits per heavy atom. The van der Waals surface area contributed by atoms with E-state index in [0.717, 1.165) is 12.8 Å². The van der Waals surface area contributed by atoms with Crippen molar-refractivity contribution in [3.8, 4) is 0 Å². The molecule has 2 amide bonds. The van der Waals surface area contributed by atoms with Gasteiger partial charge in [0, 0.05) is 5.69 Å². The van der Waals surface area contributed by atoms with Crippen LogP contribution in [-0.4, -0.2) is 23.4 Å². The van der Waals surface area contributed by atoms with Gasteiger partial charge in [0.15, 0.2) is 0 Å². The lowest BCUT2D eigenvalue weighted by atomic mass is 9.97. The number of hydrogen-bond acceptors (Lipinski definition) is 3. The Morgan fingerprint density at radius 3 is 2.40 bits per heavy atom. The lowest BCUT2D eigenvalue weighted by Gasteiger charge is -2.24. The van der Waals surface area contributed by atoms with Gasteiger partial charge in [0.25, 0.3) is 0 Å². The molecule has 5 heteroatoms. The van der Waals surface area contributed by atoms with E-state index in [2.05, 4.69) is 10.6 Å². The summed E-state index contributed by atoms with van der Waals surface area (Å²) < 4.78 is 0. The number of para-hydroxylation sites is 1. The van der Waals surface area contributed by atoms with Crippen molar-refractivity contribution in [2.24, 2.45) is 5.73 Å². The van der Waals surface area contributed by atoms with Crippen molar-refractivity contribution < 1.29 is 9.59 Å². The molecule has 1 aromatic carbocycles. The van der Waals surface area contributed by atoms with Gasteiger partial charge in [-0.3, -0.25) is 9.59 Å². The fourth-order valence-electron chi connectivity index (χ4n) is 2.41. The highest BCUT2D eigenvalue weighted by molar-refractivity contribution is 5.98. The third-order valence-electron chi connectivity index (χ3n) is 3.73. The van der Waals surface area contributed by atoms with Crippen molar-refractivity contribution in [3.63, 3.8) is 0 Å². The molecule has 20 heavy (non-hydrogen) atoms. The van der Waals surface area contributed by atoms with Crippen LogP contribution in [0.15, 0.2) is 30.3 Å². The summed E-state index contributed by atoms with van der Waals surface area (Å²) >= 11 is 0. The van der Waals surface area contributed by atoms with Crippen LogP contribution in [0.1, 0.15) is 32.6 Å². The highest BCUT2D eigenvalue weighted by Gasteiger charge is 2.38. The minimum Gasteiger partial charge on any atom is -0.343 e. The van der Waals surface area contributed by atoms with Crippen molar-refractivity contribution in [1.82, 2.24) is 5.32 Å². The van der Waals surface area contributed by atoms with Gasteiger partial charge in [-0.2, -0.15) is 0 Å². The third-order valence-corrected chi connectivity index (χ3v) is 3.73. The van der Waals surface area contributed by atoms with Crippen molar-refractivity contribution in [1.29, 1.82) is 0 Å². The third kappa shape index (κ3) is 3.36. The average molecular weight is 275 g/mol. The Balaban J connectivity index is 1.89. The second-order valence-corrected chi connectivity index (χ2v) is 5.41. The predicted octanol–water partition coefficient (Wildman–Crippen LogP) is 1.40. The summed E-state index contributed by atoms with van der Waals surface area (Å²) in [6, 6.07) is 8.54. The van der Waals surface area contributed by atoms with Crippen LogP contribution in [0.25, 0.3) is 0 Å². The fraction of sp³-hybridized carbons (Fsp3) is 0.467. The summed E-state index contributed by atoms with van der Waals surface area (Å²) in [7, 11) is 0. The van der Waals surface area contributed by atoms with Crippen LogP contribution in [0.3, 0.4) is 0 Å². The van der Waals surface area contributed by atoms with Crippen LogP contribution in [-0.2, 0) is 9.59 Å². The maximum absolute atomic E-state index is 12.1. The van der Waals surface area contributed by atoms with E-state index < -0.39 is 11.6 Å². The minimum atomic E-state index is -0.804. The molecule has 0 bridgehead atoms. The Labute approximate surface area is 118 Å². The quantitative estimate of drug-likeness (QED) is 0.776. The first-order valence-corrected chi connectivity index (χ1v) is 6.97. The lowest BCUT2D eigenvalue weighted by Crippen LogP contribution is -2.56. The van der Waals surface area contributed by atoms with Crippen molar-refractivity contribution >= 4 is 17.5 Å². The van der Waals surface area contributed by atoms with Gasteiger partial charge in [0.1, 0.15) is 6.04 Å². The molecule has 1 saturated carbocycles. The van der Waals surface area contributed by atoms with Crippen LogP contribution in [0.5, 0.6) is 0 Å². The second-order valence-electron chi connectivity index (χ2n) is 5.41. The predicted molar refractivity (Wildman–Crippen MR) is 78.1 cm³/mol. The summed E-state index contributed by atoms with van der Waals surface area (Å²) in [6.45, 7) is 1.66. The first-order chi connectivity index (χ1) is 9.51. The Hall–Kier alpha value is -1.88. The fourth-order valence-corrected chi connectivity index (χ4v) is 2.41. The summed E-state index contributed by atoms with van der Waals surface area (Å²) in [5.74, 6) is -0.475. The lowest BCUT2D eigenvalue weighted by molar-refractivity contribution is -0.129. The Kier molecular flexibility index (Phi) is 4.39. The van der Waals surface area contributed by atoms with E-state index >= 15 is 0 Å². The van der Waals surface area contributed by atoms with E-state index in [1.54, 1.807) is 19.1 Å². The van der Waals surface area contributed by atoms with E-state index in [4.69, 9.17) is 5.73 Å². The molecule has 0 heterocycles. The summed E-state index contributed by atoms with van der Waals surface area (Å²) in [5.41, 5.74) is 5.97. The standard InChI is InChI=1S/C15H21N3O2/c1-11(13(19)18-12-7-3-2-4-8-12)17-14(20)15(16)9-5-6-10-15/h2-4,7-8,11H,5-6,9-10,16H2,1H3,(H,17,20)(H,18,19). The summed E-state index contributed by atoms with van der Waals surface area (Å²) in [4.78, 5) is 24.1. The highest BCUT2D eigenvalue weighted by atomic mass is 16.2. The van der Waals surface area contributed by atoms with Gasteiger partial charge in [-0.15, -0.1) is 0 Å². The molecule has 0 aromatic heterocycles. The van der Waals surface area contributed by atoms with E-state index in [9.17, 15) is 9.59 Å². The largest absolute Gasteiger partial charge is 0.343 e. The molecule has 0 saturated heterocycles. The smallest absolute Gasteiger partial charge is 0.246 e. The molecule has 1 aliphatic rings. The van der Waals surface area contributed by atoms with Crippen molar-refractivity contribution in [3.05, 3.63) is 30.3 Å². The molecule has 0 spiro atoms. The molecule has 5 nitrogen and oxygen atoms in total.